The fourth-order valence-electron chi connectivity index (χ4n) is 3.37. The van der Waals surface area contributed by atoms with Crippen LogP contribution in [0.2, 0.25) is 0 Å². The predicted octanol–water partition coefficient (Wildman–Crippen LogP) is 1.38. The van der Waals surface area contributed by atoms with Gasteiger partial charge in [0, 0.05) is 25.3 Å². The van der Waals surface area contributed by atoms with Crippen LogP contribution in [0.4, 0.5) is 10.1 Å². The second kappa shape index (κ2) is 10.1. The van der Waals surface area contributed by atoms with Gasteiger partial charge in [-0.25, -0.2) is 12.8 Å². The number of nitrogens with zero attached hydrogens (tertiary/aromatic N) is 1. The molecule has 3 N–H and O–H groups in total. The van der Waals surface area contributed by atoms with Crippen LogP contribution in [0.1, 0.15) is 19.4 Å². The molecule has 172 valence electrons. The molecule has 10 heteroatoms. The van der Waals surface area contributed by atoms with E-state index in [1.54, 1.807) is 13.8 Å². The number of piperazine rings is 1. The molecule has 1 saturated heterocycles. The Bertz CT molecular complexity index is 1070. The van der Waals surface area contributed by atoms with E-state index in [2.05, 4.69) is 15.4 Å². The Kier molecular flexibility index (Phi) is 7.47. The van der Waals surface area contributed by atoms with E-state index in [-0.39, 0.29) is 18.4 Å². The molecule has 0 unspecified atom stereocenters. The first-order valence-electron chi connectivity index (χ1n) is 10.3. The summed E-state index contributed by atoms with van der Waals surface area (Å²) in [7, 11) is -4.21. The normalized spacial score (nSPS) is 15.4. The van der Waals surface area contributed by atoms with E-state index in [0.29, 0.717) is 13.1 Å². The summed E-state index contributed by atoms with van der Waals surface area (Å²) in [6, 6.07) is 11.4. The molecule has 2 amide bonds. The number of nitrogens with one attached hydrogen (secondary N) is 3. The van der Waals surface area contributed by atoms with Crippen LogP contribution in [-0.2, 0) is 26.2 Å². The third kappa shape index (κ3) is 5.83. The van der Waals surface area contributed by atoms with Gasteiger partial charge in [-0.2, -0.15) is 4.72 Å². The summed E-state index contributed by atoms with van der Waals surface area (Å²) in [6.07, 6.45) is 0. The SMILES string of the molecule is CC(C)[C@H](NS(=O)(=O)c1ccccc1F)C(=O)NCc1ccc(N2CCNC(=O)C2)cc1. The van der Waals surface area contributed by atoms with Crippen LogP contribution in [0, 0.1) is 11.7 Å². The summed E-state index contributed by atoms with van der Waals surface area (Å²) in [5, 5.41) is 5.52. The minimum atomic E-state index is -4.21. The summed E-state index contributed by atoms with van der Waals surface area (Å²) in [4.78, 5) is 25.7. The van der Waals surface area contributed by atoms with Crippen LogP contribution in [0.25, 0.3) is 0 Å². The van der Waals surface area contributed by atoms with E-state index in [0.717, 1.165) is 29.9 Å². The van der Waals surface area contributed by atoms with Crippen molar-refractivity contribution in [3.05, 3.63) is 59.9 Å². The number of anilines is 1. The van der Waals surface area contributed by atoms with Gasteiger partial charge >= 0.3 is 0 Å². The lowest BCUT2D eigenvalue weighted by atomic mass is 10.0. The van der Waals surface area contributed by atoms with E-state index in [1.165, 1.54) is 12.1 Å². The van der Waals surface area contributed by atoms with Gasteiger partial charge in [-0.15, -0.1) is 0 Å². The van der Waals surface area contributed by atoms with Crippen LogP contribution in [0.3, 0.4) is 0 Å². The predicted molar refractivity (Wildman–Crippen MR) is 119 cm³/mol. The Morgan fingerprint density at radius 3 is 2.47 bits per heavy atom. The first-order valence-corrected chi connectivity index (χ1v) is 11.8. The molecule has 0 saturated carbocycles. The Balaban J connectivity index is 1.63. The number of hydrogen-bond donors (Lipinski definition) is 3. The fraction of sp³-hybridized carbons (Fsp3) is 0.364. The molecule has 1 fully saturated rings. The Morgan fingerprint density at radius 2 is 1.84 bits per heavy atom. The van der Waals surface area contributed by atoms with Crippen LogP contribution in [0.15, 0.2) is 53.4 Å². The molecule has 1 heterocycles. The lowest BCUT2D eigenvalue weighted by Gasteiger charge is -2.28. The number of benzene rings is 2. The van der Waals surface area contributed by atoms with Crippen LogP contribution in [-0.4, -0.2) is 45.9 Å². The first-order chi connectivity index (χ1) is 15.2. The quantitative estimate of drug-likeness (QED) is 0.550. The van der Waals surface area contributed by atoms with Crippen molar-refractivity contribution in [3.8, 4) is 0 Å². The number of amides is 2. The Labute approximate surface area is 187 Å². The molecular weight excluding hydrogens is 435 g/mol. The van der Waals surface area contributed by atoms with Crippen molar-refractivity contribution >= 4 is 27.5 Å². The molecule has 0 radical (unpaired) electrons. The molecule has 2 aromatic carbocycles. The van der Waals surface area contributed by atoms with Crippen LogP contribution < -0.4 is 20.3 Å². The Hall–Kier alpha value is -2.98. The summed E-state index contributed by atoms with van der Waals surface area (Å²) in [5.74, 6) is -1.76. The van der Waals surface area contributed by atoms with Crippen molar-refractivity contribution in [2.75, 3.05) is 24.5 Å². The molecule has 32 heavy (non-hydrogen) atoms. The summed E-state index contributed by atoms with van der Waals surface area (Å²) >= 11 is 0. The molecule has 8 nitrogen and oxygen atoms in total. The van der Waals surface area contributed by atoms with Crippen molar-refractivity contribution in [1.29, 1.82) is 0 Å². The maximum absolute atomic E-state index is 14.0. The van der Waals surface area contributed by atoms with Gasteiger partial charge in [0.05, 0.1) is 6.54 Å². The highest BCUT2D eigenvalue weighted by Crippen LogP contribution is 2.17. The molecular formula is C22H27FN4O4S. The second-order valence-corrected chi connectivity index (χ2v) is 9.61. The van der Waals surface area contributed by atoms with E-state index in [9.17, 15) is 22.4 Å². The minimum absolute atomic E-state index is 0.0230. The van der Waals surface area contributed by atoms with E-state index < -0.39 is 32.7 Å². The van der Waals surface area contributed by atoms with Crippen molar-refractivity contribution in [1.82, 2.24) is 15.4 Å². The smallest absolute Gasteiger partial charge is 0.244 e. The van der Waals surface area contributed by atoms with Gasteiger partial charge < -0.3 is 15.5 Å². The van der Waals surface area contributed by atoms with Crippen molar-refractivity contribution in [2.45, 2.75) is 31.3 Å². The van der Waals surface area contributed by atoms with Crippen molar-refractivity contribution < 1.29 is 22.4 Å². The molecule has 0 aliphatic carbocycles. The van der Waals surface area contributed by atoms with Gasteiger partial charge in [0.25, 0.3) is 0 Å². The zero-order valence-electron chi connectivity index (χ0n) is 18.0. The van der Waals surface area contributed by atoms with E-state index in [1.807, 2.05) is 29.2 Å². The summed E-state index contributed by atoms with van der Waals surface area (Å²) in [6.45, 7) is 5.23. The molecule has 0 spiro atoms. The topological polar surface area (TPSA) is 108 Å². The number of halogens is 1. The fourth-order valence-corrected chi connectivity index (χ4v) is 4.79. The highest BCUT2D eigenvalue weighted by molar-refractivity contribution is 7.89. The molecule has 0 aromatic heterocycles. The third-order valence-corrected chi connectivity index (χ3v) is 6.64. The van der Waals surface area contributed by atoms with Gasteiger partial charge in [-0.1, -0.05) is 38.1 Å². The first kappa shape index (κ1) is 23.7. The zero-order valence-corrected chi connectivity index (χ0v) is 18.8. The van der Waals surface area contributed by atoms with Crippen LogP contribution in [0.5, 0.6) is 0 Å². The van der Waals surface area contributed by atoms with Gasteiger partial charge in [0.1, 0.15) is 16.8 Å². The lowest BCUT2D eigenvalue weighted by molar-refractivity contribution is -0.124. The molecule has 1 aliphatic rings. The van der Waals surface area contributed by atoms with E-state index in [4.69, 9.17) is 0 Å². The third-order valence-electron chi connectivity index (χ3n) is 5.16. The highest BCUT2D eigenvalue weighted by atomic mass is 32.2. The van der Waals surface area contributed by atoms with Crippen LogP contribution >= 0.6 is 0 Å². The largest absolute Gasteiger partial charge is 0.360 e. The van der Waals surface area contributed by atoms with Crippen molar-refractivity contribution in [3.63, 3.8) is 0 Å². The van der Waals surface area contributed by atoms with Gasteiger partial charge in [0.2, 0.25) is 21.8 Å². The Morgan fingerprint density at radius 1 is 1.16 bits per heavy atom. The molecule has 2 aromatic rings. The molecule has 3 rings (SSSR count). The number of rotatable bonds is 8. The maximum atomic E-state index is 14.0. The van der Waals surface area contributed by atoms with Crippen molar-refractivity contribution in [2.24, 2.45) is 5.92 Å². The maximum Gasteiger partial charge on any atom is 0.244 e. The summed E-state index contributed by atoms with van der Waals surface area (Å²) < 4.78 is 41.5. The van der Waals surface area contributed by atoms with Gasteiger partial charge in [-0.05, 0) is 35.7 Å². The van der Waals surface area contributed by atoms with Gasteiger partial charge in [-0.3, -0.25) is 9.59 Å². The molecule has 1 aliphatic heterocycles. The molecule has 0 bridgehead atoms. The number of carbonyl (C=O) groups excluding carboxylic acids is 2. The average molecular weight is 463 g/mol. The number of carbonyl (C=O) groups is 2. The monoisotopic (exact) mass is 462 g/mol. The standard InChI is InChI=1S/C22H27FN4O4S/c1-15(2)21(26-32(30,31)19-6-4-3-5-18(19)23)22(29)25-13-16-7-9-17(10-8-16)27-12-11-24-20(28)14-27/h3-10,15,21,26H,11-14H2,1-2H3,(H,24,28)(H,25,29)/t21-/m0/s1. The summed E-state index contributed by atoms with van der Waals surface area (Å²) in [5.41, 5.74) is 1.73. The molecule has 1 atom stereocenters. The lowest BCUT2D eigenvalue weighted by Crippen LogP contribution is -2.49. The number of hydrogen-bond acceptors (Lipinski definition) is 5. The highest BCUT2D eigenvalue weighted by Gasteiger charge is 2.29. The average Bonchev–Trinajstić information content (AvgIpc) is 2.76. The number of sulfonamides is 1. The zero-order chi connectivity index (χ0) is 23.3. The van der Waals surface area contributed by atoms with E-state index >= 15 is 0 Å². The minimum Gasteiger partial charge on any atom is -0.360 e. The second-order valence-electron chi connectivity index (χ2n) is 7.93. The van der Waals surface area contributed by atoms with Gasteiger partial charge in [0.15, 0.2) is 0 Å².